The molecule has 3 N–H and O–H groups in total. The second-order valence-electron chi connectivity index (χ2n) is 9.38. The molecule has 0 saturated heterocycles. The van der Waals surface area contributed by atoms with Gasteiger partial charge in [-0.1, -0.05) is 58.0 Å². The number of carboxylic acid groups (broad SMARTS) is 1. The molecule has 2 fully saturated rings. The van der Waals surface area contributed by atoms with Crippen LogP contribution >= 0.6 is 0 Å². The largest absolute Gasteiger partial charge is 0.481 e. The maximum Gasteiger partial charge on any atom is 0.407 e. The Morgan fingerprint density at radius 1 is 0.966 bits per heavy atom. The molecule has 4 atom stereocenters. The first kappa shape index (κ1) is 21.1. The van der Waals surface area contributed by atoms with Crippen LogP contribution in [0.2, 0.25) is 0 Å². The quantitative estimate of drug-likeness (QED) is 0.679. The molecule has 2 aliphatic rings. The molecule has 0 aromatic heterocycles. The molecular formula is C22H30N2O5. The molecule has 0 aliphatic heterocycles. The highest BCUT2D eigenvalue weighted by atomic mass is 16.5. The van der Waals surface area contributed by atoms with Gasteiger partial charge in [-0.3, -0.25) is 9.59 Å². The van der Waals surface area contributed by atoms with Crippen molar-refractivity contribution in [2.24, 2.45) is 22.7 Å². The number of carbonyl (C=O) groups is 3. The summed E-state index contributed by atoms with van der Waals surface area (Å²) in [5, 5.41) is 15.1. The van der Waals surface area contributed by atoms with Crippen LogP contribution in [-0.4, -0.2) is 35.2 Å². The highest BCUT2D eigenvalue weighted by Gasteiger charge is 2.56. The van der Waals surface area contributed by atoms with Gasteiger partial charge in [0, 0.05) is 18.0 Å². The van der Waals surface area contributed by atoms with Crippen molar-refractivity contribution in [3.8, 4) is 0 Å². The first-order valence-electron chi connectivity index (χ1n) is 10.0. The van der Waals surface area contributed by atoms with Crippen molar-refractivity contribution in [2.45, 2.75) is 59.2 Å². The fourth-order valence-electron chi connectivity index (χ4n) is 4.38. The van der Waals surface area contributed by atoms with Crippen LogP contribution in [0.15, 0.2) is 30.3 Å². The lowest BCUT2D eigenvalue weighted by Crippen LogP contribution is -2.66. The Morgan fingerprint density at radius 3 is 2.07 bits per heavy atom. The number of alkyl carbamates (subject to hydrolysis) is 1. The summed E-state index contributed by atoms with van der Waals surface area (Å²) in [5.41, 5.74) is 0.0417. The minimum Gasteiger partial charge on any atom is -0.481 e. The van der Waals surface area contributed by atoms with Crippen molar-refractivity contribution in [2.75, 3.05) is 0 Å². The molecule has 2 aliphatic carbocycles. The molecule has 0 spiro atoms. The molecule has 3 rings (SSSR count). The number of amides is 2. The molecule has 7 heteroatoms. The predicted octanol–water partition coefficient (Wildman–Crippen LogP) is 2.94. The van der Waals surface area contributed by atoms with Crippen molar-refractivity contribution >= 4 is 18.0 Å². The van der Waals surface area contributed by atoms with Gasteiger partial charge in [0.15, 0.2) is 0 Å². The Morgan fingerprint density at radius 2 is 1.52 bits per heavy atom. The van der Waals surface area contributed by atoms with E-state index in [2.05, 4.69) is 10.6 Å². The topological polar surface area (TPSA) is 105 Å². The SMILES string of the molecule is CC1(C)[C@@H](C(=O)O)C[C@H]1NC(=O)[C@@H]1C[C@H](NC(=O)OCc2ccccc2)C1(C)C. The van der Waals surface area contributed by atoms with E-state index in [1.165, 1.54) is 0 Å². The zero-order chi connectivity index (χ0) is 21.4. The molecule has 0 radical (unpaired) electrons. The predicted molar refractivity (Wildman–Crippen MR) is 107 cm³/mol. The smallest absolute Gasteiger partial charge is 0.407 e. The van der Waals surface area contributed by atoms with Gasteiger partial charge in [0.2, 0.25) is 5.91 Å². The summed E-state index contributed by atoms with van der Waals surface area (Å²) >= 11 is 0. The van der Waals surface area contributed by atoms with Gasteiger partial charge < -0.3 is 20.5 Å². The normalized spacial score (nSPS) is 29.0. The number of carbonyl (C=O) groups excluding carboxylic acids is 2. The van der Waals surface area contributed by atoms with E-state index in [4.69, 9.17) is 4.74 Å². The Bertz CT molecular complexity index is 790. The van der Waals surface area contributed by atoms with Crippen molar-refractivity contribution in [3.63, 3.8) is 0 Å². The lowest BCUT2D eigenvalue weighted by atomic mass is 9.56. The third-order valence-corrected chi connectivity index (χ3v) is 6.97. The van der Waals surface area contributed by atoms with Crippen LogP contribution in [0.5, 0.6) is 0 Å². The van der Waals surface area contributed by atoms with Gasteiger partial charge in [0.05, 0.1) is 5.92 Å². The van der Waals surface area contributed by atoms with Crippen molar-refractivity contribution in [1.29, 1.82) is 0 Å². The molecule has 7 nitrogen and oxygen atoms in total. The molecule has 1 aromatic rings. The summed E-state index contributed by atoms with van der Waals surface area (Å²) in [6, 6.07) is 9.15. The average Bonchev–Trinajstić information content (AvgIpc) is 2.66. The summed E-state index contributed by atoms with van der Waals surface area (Å²) in [4.78, 5) is 36.1. The summed E-state index contributed by atoms with van der Waals surface area (Å²) in [5.74, 6) is -1.56. The van der Waals surface area contributed by atoms with Crippen LogP contribution in [0.4, 0.5) is 4.79 Å². The van der Waals surface area contributed by atoms with Crippen LogP contribution in [0.25, 0.3) is 0 Å². The number of hydrogen-bond acceptors (Lipinski definition) is 4. The van der Waals surface area contributed by atoms with E-state index in [9.17, 15) is 19.5 Å². The molecular weight excluding hydrogens is 372 g/mol. The third-order valence-electron chi connectivity index (χ3n) is 6.97. The Balaban J connectivity index is 1.47. The zero-order valence-corrected chi connectivity index (χ0v) is 17.4. The second-order valence-corrected chi connectivity index (χ2v) is 9.38. The fourth-order valence-corrected chi connectivity index (χ4v) is 4.38. The van der Waals surface area contributed by atoms with Crippen LogP contribution < -0.4 is 10.6 Å². The van der Waals surface area contributed by atoms with Crippen LogP contribution in [0.1, 0.15) is 46.1 Å². The van der Waals surface area contributed by atoms with E-state index in [0.717, 1.165) is 5.56 Å². The Hall–Kier alpha value is -2.57. The van der Waals surface area contributed by atoms with E-state index in [1.807, 2.05) is 58.0 Å². The number of benzene rings is 1. The van der Waals surface area contributed by atoms with Crippen LogP contribution in [0.3, 0.4) is 0 Å². The highest BCUT2D eigenvalue weighted by Crippen LogP contribution is 2.49. The average molecular weight is 402 g/mol. The lowest BCUT2D eigenvalue weighted by Gasteiger charge is -2.54. The van der Waals surface area contributed by atoms with Crippen molar-refractivity contribution in [3.05, 3.63) is 35.9 Å². The Labute approximate surface area is 171 Å². The van der Waals surface area contributed by atoms with Gasteiger partial charge in [-0.05, 0) is 29.2 Å². The molecule has 0 bridgehead atoms. The standard InChI is InChI=1S/C22H30N2O5/c1-21(2)14(18(25)23-16-11-15(19(26)27)22(16,3)4)10-17(21)24-20(28)29-12-13-8-6-5-7-9-13/h5-9,14-17H,10-12H2,1-4H3,(H,23,25)(H,24,28)(H,26,27)/t14-,15+,16+,17-/m0/s1. The summed E-state index contributed by atoms with van der Waals surface area (Å²) in [6.07, 6.45) is 0.499. The zero-order valence-electron chi connectivity index (χ0n) is 17.4. The summed E-state index contributed by atoms with van der Waals surface area (Å²) < 4.78 is 5.27. The van der Waals surface area contributed by atoms with Gasteiger partial charge in [-0.15, -0.1) is 0 Å². The van der Waals surface area contributed by atoms with Crippen molar-refractivity contribution in [1.82, 2.24) is 10.6 Å². The number of hydrogen-bond donors (Lipinski definition) is 3. The highest BCUT2D eigenvalue weighted by molar-refractivity contribution is 5.82. The number of carboxylic acids is 1. The number of ether oxygens (including phenoxy) is 1. The molecule has 1 aromatic carbocycles. The second kappa shape index (κ2) is 7.69. The lowest BCUT2D eigenvalue weighted by molar-refractivity contribution is -0.158. The molecule has 2 amide bonds. The molecule has 0 unspecified atom stereocenters. The summed E-state index contributed by atoms with van der Waals surface area (Å²) in [7, 11) is 0. The molecule has 2 saturated carbocycles. The third kappa shape index (κ3) is 4.09. The molecule has 0 heterocycles. The first-order chi connectivity index (χ1) is 13.5. The van der Waals surface area contributed by atoms with Crippen LogP contribution in [0, 0.1) is 22.7 Å². The van der Waals surface area contributed by atoms with E-state index in [0.29, 0.717) is 12.8 Å². The van der Waals surface area contributed by atoms with E-state index >= 15 is 0 Å². The van der Waals surface area contributed by atoms with Gasteiger partial charge in [0.1, 0.15) is 6.61 Å². The maximum absolute atomic E-state index is 12.7. The van der Waals surface area contributed by atoms with Crippen LogP contribution in [-0.2, 0) is 20.9 Å². The minimum atomic E-state index is -0.817. The summed E-state index contributed by atoms with van der Waals surface area (Å²) in [6.45, 7) is 7.85. The Kier molecular flexibility index (Phi) is 5.61. The van der Waals surface area contributed by atoms with E-state index < -0.39 is 28.8 Å². The number of rotatable bonds is 6. The number of aliphatic carboxylic acids is 1. The van der Waals surface area contributed by atoms with Gasteiger partial charge in [0.25, 0.3) is 0 Å². The van der Waals surface area contributed by atoms with Gasteiger partial charge >= 0.3 is 12.1 Å². The number of nitrogens with one attached hydrogen (secondary N) is 2. The van der Waals surface area contributed by atoms with Gasteiger partial charge in [-0.2, -0.15) is 0 Å². The maximum atomic E-state index is 12.7. The van der Waals surface area contributed by atoms with Crippen molar-refractivity contribution < 1.29 is 24.2 Å². The van der Waals surface area contributed by atoms with Gasteiger partial charge in [-0.25, -0.2) is 4.79 Å². The van der Waals surface area contributed by atoms with E-state index in [1.54, 1.807) is 0 Å². The monoisotopic (exact) mass is 402 g/mol. The first-order valence-corrected chi connectivity index (χ1v) is 10.0. The fraction of sp³-hybridized carbons (Fsp3) is 0.591. The van der Waals surface area contributed by atoms with E-state index in [-0.39, 0.29) is 30.5 Å². The molecule has 29 heavy (non-hydrogen) atoms. The minimum absolute atomic E-state index is 0.0763. The molecule has 158 valence electrons.